The van der Waals surface area contributed by atoms with Crippen LogP contribution in [-0.2, 0) is 5.41 Å². The maximum atomic E-state index is 4.92. The third kappa shape index (κ3) is 4.29. The highest BCUT2D eigenvalue weighted by Gasteiger charge is 2.35. The van der Waals surface area contributed by atoms with E-state index in [-0.39, 0.29) is 5.41 Å². The summed E-state index contributed by atoms with van der Waals surface area (Å²) in [5.41, 5.74) is 12.1. The van der Waals surface area contributed by atoms with Crippen LogP contribution in [0.15, 0.2) is 158 Å². The van der Waals surface area contributed by atoms with Gasteiger partial charge >= 0.3 is 0 Å². The standard InChI is InChI=1S/C46H32N2S/c1-46(2)39-13-5-3-11-35(39)36-24-23-34(28-40(36)46)48(41-14-7-9-30-16-17-31-10-8-26-47-45(31)44(30)41)33-21-18-29(19-22-33)32-20-25-43-38(27-32)37-12-4-6-15-42(37)49-43/h3-28H,1-2H3. The predicted molar refractivity (Wildman–Crippen MR) is 210 cm³/mol. The van der Waals surface area contributed by atoms with Crippen LogP contribution < -0.4 is 4.90 Å². The molecule has 2 aromatic heterocycles. The Kier molecular flexibility index (Phi) is 6.12. The number of nitrogens with zero attached hydrogens (tertiary/aromatic N) is 2. The smallest absolute Gasteiger partial charge is 0.0801 e. The van der Waals surface area contributed by atoms with E-state index in [1.54, 1.807) is 0 Å². The van der Waals surface area contributed by atoms with E-state index in [4.69, 9.17) is 4.98 Å². The first-order valence-corrected chi connectivity index (χ1v) is 17.7. The molecule has 0 saturated carbocycles. The lowest BCUT2D eigenvalue weighted by Crippen LogP contribution is -2.16. The lowest BCUT2D eigenvalue weighted by atomic mass is 9.82. The summed E-state index contributed by atoms with van der Waals surface area (Å²) in [7, 11) is 0. The van der Waals surface area contributed by atoms with Gasteiger partial charge in [-0.25, -0.2) is 0 Å². The highest BCUT2D eigenvalue weighted by atomic mass is 32.1. The maximum Gasteiger partial charge on any atom is 0.0801 e. The minimum atomic E-state index is -0.102. The Bertz CT molecular complexity index is 2750. The van der Waals surface area contributed by atoms with Crippen molar-refractivity contribution >= 4 is 70.2 Å². The number of rotatable bonds is 4. The van der Waals surface area contributed by atoms with Gasteiger partial charge in [-0.3, -0.25) is 4.98 Å². The number of fused-ring (bicyclic) bond motifs is 9. The van der Waals surface area contributed by atoms with E-state index < -0.39 is 0 Å². The summed E-state index contributed by atoms with van der Waals surface area (Å²) >= 11 is 1.86. The minimum Gasteiger partial charge on any atom is -0.310 e. The summed E-state index contributed by atoms with van der Waals surface area (Å²) in [5, 5.41) is 6.11. The summed E-state index contributed by atoms with van der Waals surface area (Å²) in [6.07, 6.45) is 1.90. The number of hydrogen-bond acceptors (Lipinski definition) is 3. The lowest BCUT2D eigenvalue weighted by molar-refractivity contribution is 0.660. The van der Waals surface area contributed by atoms with E-state index in [0.29, 0.717) is 0 Å². The molecule has 0 amide bonds. The van der Waals surface area contributed by atoms with Crippen molar-refractivity contribution in [2.24, 2.45) is 0 Å². The summed E-state index contributed by atoms with van der Waals surface area (Å²) < 4.78 is 2.66. The van der Waals surface area contributed by atoms with Crippen LogP contribution in [-0.4, -0.2) is 4.98 Å². The van der Waals surface area contributed by atoms with Gasteiger partial charge in [-0.1, -0.05) is 111 Å². The molecular formula is C46H32N2S. The monoisotopic (exact) mass is 644 g/mol. The molecule has 2 heterocycles. The lowest BCUT2D eigenvalue weighted by Gasteiger charge is -2.29. The van der Waals surface area contributed by atoms with Crippen LogP contribution in [0, 0.1) is 0 Å². The van der Waals surface area contributed by atoms with Crippen LogP contribution in [0.2, 0.25) is 0 Å². The number of hydrogen-bond donors (Lipinski definition) is 0. The van der Waals surface area contributed by atoms with Crippen molar-refractivity contribution in [3.05, 3.63) is 169 Å². The van der Waals surface area contributed by atoms with Crippen molar-refractivity contribution in [1.82, 2.24) is 4.98 Å². The second-order valence-electron chi connectivity index (χ2n) is 13.6. The quantitative estimate of drug-likeness (QED) is 0.177. The molecule has 0 N–H and O–H groups in total. The largest absolute Gasteiger partial charge is 0.310 e. The first-order chi connectivity index (χ1) is 24.0. The van der Waals surface area contributed by atoms with Gasteiger partial charge in [-0.2, -0.15) is 0 Å². The van der Waals surface area contributed by atoms with Gasteiger partial charge in [-0.05, 0) is 93.4 Å². The molecule has 9 aromatic rings. The minimum absolute atomic E-state index is 0.102. The van der Waals surface area contributed by atoms with Gasteiger partial charge in [0, 0.05) is 53.9 Å². The molecule has 232 valence electrons. The Morgan fingerprint density at radius 1 is 0.531 bits per heavy atom. The first kappa shape index (κ1) is 28.3. The van der Waals surface area contributed by atoms with Crippen LogP contribution in [0.3, 0.4) is 0 Å². The fraction of sp³-hybridized carbons (Fsp3) is 0.0652. The van der Waals surface area contributed by atoms with Gasteiger partial charge in [0.25, 0.3) is 0 Å². The zero-order chi connectivity index (χ0) is 32.7. The maximum absolute atomic E-state index is 4.92. The van der Waals surface area contributed by atoms with Crippen molar-refractivity contribution in [3.63, 3.8) is 0 Å². The molecule has 2 nitrogen and oxygen atoms in total. The average Bonchev–Trinajstić information content (AvgIpc) is 3.63. The fourth-order valence-electron chi connectivity index (χ4n) is 8.05. The summed E-state index contributed by atoms with van der Waals surface area (Å²) in [4.78, 5) is 7.34. The molecular weight excluding hydrogens is 613 g/mol. The van der Waals surface area contributed by atoms with E-state index in [1.165, 1.54) is 58.9 Å². The number of anilines is 3. The number of aromatic nitrogens is 1. The van der Waals surface area contributed by atoms with E-state index in [0.717, 1.165) is 33.4 Å². The number of pyridine rings is 1. The SMILES string of the molecule is CC1(C)c2ccccc2-c2ccc(N(c3ccc(-c4ccc5sc6ccccc6c5c4)cc3)c3cccc4ccc5cccnc5c34)cc21. The van der Waals surface area contributed by atoms with Crippen molar-refractivity contribution in [2.75, 3.05) is 4.90 Å². The third-order valence-electron chi connectivity index (χ3n) is 10.5. The van der Waals surface area contributed by atoms with Crippen LogP contribution in [0.25, 0.3) is 64.1 Å². The molecule has 0 fully saturated rings. The third-order valence-corrected chi connectivity index (χ3v) is 11.6. The zero-order valence-electron chi connectivity index (χ0n) is 27.3. The fourth-order valence-corrected chi connectivity index (χ4v) is 9.14. The second-order valence-corrected chi connectivity index (χ2v) is 14.7. The van der Waals surface area contributed by atoms with Crippen LogP contribution >= 0.6 is 11.3 Å². The summed E-state index contributed by atoms with van der Waals surface area (Å²) in [6, 6.07) is 55.7. The highest BCUT2D eigenvalue weighted by molar-refractivity contribution is 7.25. The molecule has 0 bridgehead atoms. The van der Waals surface area contributed by atoms with Crippen LogP contribution in [0.5, 0.6) is 0 Å². The summed E-state index contributed by atoms with van der Waals surface area (Å²) in [5.74, 6) is 0. The molecule has 7 aromatic carbocycles. The van der Waals surface area contributed by atoms with Gasteiger partial charge < -0.3 is 4.90 Å². The Morgan fingerprint density at radius 2 is 1.27 bits per heavy atom. The van der Waals surface area contributed by atoms with Crippen molar-refractivity contribution in [3.8, 4) is 22.3 Å². The topological polar surface area (TPSA) is 16.1 Å². The van der Waals surface area contributed by atoms with Gasteiger partial charge in [0.2, 0.25) is 0 Å². The van der Waals surface area contributed by atoms with Crippen molar-refractivity contribution < 1.29 is 0 Å². The summed E-state index contributed by atoms with van der Waals surface area (Å²) in [6.45, 7) is 4.70. The van der Waals surface area contributed by atoms with Crippen LogP contribution in [0.4, 0.5) is 17.1 Å². The van der Waals surface area contributed by atoms with E-state index in [9.17, 15) is 0 Å². The molecule has 0 unspecified atom stereocenters. The molecule has 0 spiro atoms. The predicted octanol–water partition coefficient (Wildman–Crippen LogP) is 13.2. The molecule has 1 aliphatic carbocycles. The molecule has 10 rings (SSSR count). The van der Waals surface area contributed by atoms with Crippen molar-refractivity contribution in [1.29, 1.82) is 0 Å². The Hall–Kier alpha value is -5.77. The highest BCUT2D eigenvalue weighted by Crippen LogP contribution is 2.51. The second kappa shape index (κ2) is 10.6. The van der Waals surface area contributed by atoms with Gasteiger partial charge in [-0.15, -0.1) is 11.3 Å². The Labute approximate surface area is 289 Å². The Balaban J connectivity index is 1.16. The number of benzene rings is 7. The molecule has 0 saturated heterocycles. The van der Waals surface area contributed by atoms with Gasteiger partial charge in [0.1, 0.15) is 0 Å². The molecule has 0 aliphatic heterocycles. The van der Waals surface area contributed by atoms with E-state index >= 15 is 0 Å². The van der Waals surface area contributed by atoms with E-state index in [2.05, 4.69) is 164 Å². The molecule has 0 atom stereocenters. The molecule has 0 radical (unpaired) electrons. The molecule has 3 heteroatoms. The van der Waals surface area contributed by atoms with Crippen molar-refractivity contribution in [2.45, 2.75) is 19.3 Å². The van der Waals surface area contributed by atoms with Gasteiger partial charge in [0.05, 0.1) is 11.2 Å². The first-order valence-electron chi connectivity index (χ1n) is 16.9. The molecule has 49 heavy (non-hydrogen) atoms. The molecule has 1 aliphatic rings. The van der Waals surface area contributed by atoms with Crippen LogP contribution in [0.1, 0.15) is 25.0 Å². The van der Waals surface area contributed by atoms with Gasteiger partial charge in [0.15, 0.2) is 0 Å². The average molecular weight is 645 g/mol. The zero-order valence-corrected chi connectivity index (χ0v) is 28.1. The van der Waals surface area contributed by atoms with E-state index in [1.807, 2.05) is 23.6 Å². The Morgan fingerprint density at radius 3 is 2.18 bits per heavy atom. The number of thiophene rings is 1. The normalized spacial score (nSPS) is 13.3.